The van der Waals surface area contributed by atoms with Gasteiger partial charge in [0, 0.05) is 26.6 Å². The first-order valence-electron chi connectivity index (χ1n) is 5.56. The van der Waals surface area contributed by atoms with Crippen molar-refractivity contribution in [2.24, 2.45) is 0 Å². The summed E-state index contributed by atoms with van der Waals surface area (Å²) in [5.74, 6) is 1.37. The van der Waals surface area contributed by atoms with Crippen LogP contribution in [0.2, 0.25) is 5.02 Å². The third-order valence-corrected chi connectivity index (χ3v) is 3.62. The molecule has 1 N–H and O–H groups in total. The van der Waals surface area contributed by atoms with Gasteiger partial charge in [-0.3, -0.25) is 0 Å². The zero-order valence-electron chi connectivity index (χ0n) is 9.59. The second-order valence-electron chi connectivity index (χ2n) is 4.48. The van der Waals surface area contributed by atoms with Crippen molar-refractivity contribution in [2.75, 3.05) is 27.0 Å². The molecule has 0 spiro atoms. The van der Waals surface area contributed by atoms with Gasteiger partial charge in [-0.2, -0.15) is 0 Å². The highest BCUT2D eigenvalue weighted by atomic mass is 35.5. The van der Waals surface area contributed by atoms with Crippen LogP contribution >= 0.6 is 11.6 Å². The van der Waals surface area contributed by atoms with Crippen molar-refractivity contribution in [3.05, 3.63) is 22.7 Å². The Hall–Kier alpha value is -0.970. The van der Waals surface area contributed by atoms with Gasteiger partial charge in [0.05, 0.1) is 10.6 Å². The fraction of sp³-hybridized carbons (Fsp3) is 0.500. The standard InChI is InChI=1S/C12H14ClNO3/c1-15-12(5-14-6-12)4-8-2-9(13)11-10(3-8)16-7-17-11/h2-3,14H,4-7H2,1H3. The quantitative estimate of drug-likeness (QED) is 0.891. The van der Waals surface area contributed by atoms with E-state index in [0.717, 1.165) is 30.8 Å². The normalized spacial score (nSPS) is 20.1. The van der Waals surface area contributed by atoms with Crippen LogP contribution in [0.5, 0.6) is 11.5 Å². The summed E-state index contributed by atoms with van der Waals surface area (Å²) in [5, 5.41) is 3.83. The molecule has 0 saturated carbocycles. The zero-order valence-corrected chi connectivity index (χ0v) is 10.3. The molecule has 0 amide bonds. The molecule has 3 rings (SSSR count). The first kappa shape index (κ1) is 11.1. The Morgan fingerprint density at radius 1 is 1.41 bits per heavy atom. The molecule has 2 aliphatic rings. The predicted molar refractivity (Wildman–Crippen MR) is 63.9 cm³/mol. The van der Waals surface area contributed by atoms with Crippen LogP contribution in [-0.2, 0) is 11.2 Å². The van der Waals surface area contributed by atoms with Crippen LogP contribution in [0.3, 0.4) is 0 Å². The minimum Gasteiger partial charge on any atom is -0.454 e. The zero-order chi connectivity index (χ0) is 11.9. The Morgan fingerprint density at radius 2 is 2.24 bits per heavy atom. The Kier molecular flexibility index (Phi) is 2.65. The maximum Gasteiger partial charge on any atom is 0.231 e. The molecule has 2 aliphatic heterocycles. The van der Waals surface area contributed by atoms with Gasteiger partial charge in [0.15, 0.2) is 11.5 Å². The second-order valence-corrected chi connectivity index (χ2v) is 4.89. The summed E-state index contributed by atoms with van der Waals surface area (Å²) in [6.07, 6.45) is 0.826. The van der Waals surface area contributed by atoms with Crippen molar-refractivity contribution in [3.63, 3.8) is 0 Å². The highest BCUT2D eigenvalue weighted by Crippen LogP contribution is 2.40. The molecule has 0 radical (unpaired) electrons. The van der Waals surface area contributed by atoms with Gasteiger partial charge >= 0.3 is 0 Å². The van der Waals surface area contributed by atoms with E-state index in [1.807, 2.05) is 12.1 Å². The number of benzene rings is 1. The van der Waals surface area contributed by atoms with Crippen molar-refractivity contribution in [2.45, 2.75) is 12.0 Å². The number of rotatable bonds is 3. The Bertz CT molecular complexity index is 440. The second kappa shape index (κ2) is 4.05. The van der Waals surface area contributed by atoms with E-state index in [-0.39, 0.29) is 12.4 Å². The van der Waals surface area contributed by atoms with E-state index in [2.05, 4.69) is 5.32 Å². The molecule has 1 saturated heterocycles. The number of halogens is 1. The first-order chi connectivity index (χ1) is 8.22. The molecule has 1 aromatic carbocycles. The predicted octanol–water partition coefficient (Wildman–Crippen LogP) is 1.60. The molecule has 0 bridgehead atoms. The van der Waals surface area contributed by atoms with Crippen LogP contribution in [0.1, 0.15) is 5.56 Å². The summed E-state index contributed by atoms with van der Waals surface area (Å²) in [4.78, 5) is 0. The molecule has 1 fully saturated rings. The van der Waals surface area contributed by atoms with Crippen molar-refractivity contribution < 1.29 is 14.2 Å². The molecule has 5 heteroatoms. The first-order valence-corrected chi connectivity index (χ1v) is 5.94. The smallest absolute Gasteiger partial charge is 0.231 e. The molecule has 92 valence electrons. The average molecular weight is 256 g/mol. The van der Waals surface area contributed by atoms with Crippen molar-refractivity contribution in [3.8, 4) is 11.5 Å². The van der Waals surface area contributed by atoms with Gasteiger partial charge in [0.25, 0.3) is 0 Å². The van der Waals surface area contributed by atoms with Crippen LogP contribution < -0.4 is 14.8 Å². The van der Waals surface area contributed by atoms with Crippen LogP contribution in [0.15, 0.2) is 12.1 Å². The minimum absolute atomic E-state index is 0.100. The van der Waals surface area contributed by atoms with Gasteiger partial charge in [0.1, 0.15) is 0 Å². The number of methoxy groups -OCH3 is 1. The third-order valence-electron chi connectivity index (χ3n) is 3.34. The van der Waals surface area contributed by atoms with Gasteiger partial charge < -0.3 is 19.5 Å². The van der Waals surface area contributed by atoms with Gasteiger partial charge in [-0.1, -0.05) is 11.6 Å². The third kappa shape index (κ3) is 1.86. The summed E-state index contributed by atoms with van der Waals surface area (Å²) in [6, 6.07) is 3.90. The summed E-state index contributed by atoms with van der Waals surface area (Å²) in [7, 11) is 1.75. The molecule has 0 unspecified atom stereocenters. The average Bonchev–Trinajstić information content (AvgIpc) is 2.72. The van der Waals surface area contributed by atoms with Crippen molar-refractivity contribution in [1.29, 1.82) is 0 Å². The fourth-order valence-corrected chi connectivity index (χ4v) is 2.53. The van der Waals surface area contributed by atoms with E-state index < -0.39 is 0 Å². The number of ether oxygens (including phenoxy) is 3. The van der Waals surface area contributed by atoms with Crippen molar-refractivity contribution in [1.82, 2.24) is 5.32 Å². The largest absolute Gasteiger partial charge is 0.454 e. The number of hydrogen-bond donors (Lipinski definition) is 1. The lowest BCUT2D eigenvalue weighted by molar-refractivity contribution is -0.0502. The lowest BCUT2D eigenvalue weighted by Gasteiger charge is -2.41. The monoisotopic (exact) mass is 255 g/mol. The SMILES string of the molecule is COC1(Cc2cc(Cl)c3c(c2)OCO3)CNC1. The Labute approximate surface area is 105 Å². The maximum absolute atomic E-state index is 6.15. The van der Waals surface area contributed by atoms with E-state index in [0.29, 0.717) is 10.8 Å². The summed E-state index contributed by atoms with van der Waals surface area (Å²) in [5.41, 5.74) is 1.01. The topological polar surface area (TPSA) is 39.7 Å². The summed E-state index contributed by atoms with van der Waals surface area (Å²) >= 11 is 6.15. The van der Waals surface area contributed by atoms with Gasteiger partial charge in [-0.15, -0.1) is 0 Å². The molecule has 1 aromatic rings. The lowest BCUT2D eigenvalue weighted by Crippen LogP contribution is -2.61. The number of nitrogens with one attached hydrogen (secondary N) is 1. The maximum atomic E-state index is 6.15. The molecule has 0 atom stereocenters. The molecule has 4 nitrogen and oxygen atoms in total. The molecule has 0 aliphatic carbocycles. The van der Waals surface area contributed by atoms with Crippen LogP contribution in [0.25, 0.3) is 0 Å². The highest BCUT2D eigenvalue weighted by Gasteiger charge is 2.37. The van der Waals surface area contributed by atoms with Gasteiger partial charge in [-0.05, 0) is 17.7 Å². The number of fused-ring (bicyclic) bond motifs is 1. The van der Waals surface area contributed by atoms with Gasteiger partial charge in [-0.25, -0.2) is 0 Å². The summed E-state index contributed by atoms with van der Waals surface area (Å²) in [6.45, 7) is 1.99. The van der Waals surface area contributed by atoms with E-state index in [9.17, 15) is 0 Å². The van der Waals surface area contributed by atoms with Gasteiger partial charge in [0.2, 0.25) is 6.79 Å². The molecular weight excluding hydrogens is 242 g/mol. The van der Waals surface area contributed by atoms with Crippen LogP contribution in [0, 0.1) is 0 Å². The van der Waals surface area contributed by atoms with E-state index in [1.54, 1.807) is 7.11 Å². The van der Waals surface area contributed by atoms with E-state index in [4.69, 9.17) is 25.8 Å². The molecule has 0 aromatic heterocycles. The summed E-state index contributed by atoms with van der Waals surface area (Å²) < 4.78 is 16.2. The lowest BCUT2D eigenvalue weighted by atomic mass is 9.88. The number of hydrogen-bond acceptors (Lipinski definition) is 4. The van der Waals surface area contributed by atoms with Crippen LogP contribution in [-0.4, -0.2) is 32.6 Å². The highest BCUT2D eigenvalue weighted by molar-refractivity contribution is 6.32. The van der Waals surface area contributed by atoms with E-state index in [1.165, 1.54) is 0 Å². The van der Waals surface area contributed by atoms with Crippen LogP contribution in [0.4, 0.5) is 0 Å². The molecular formula is C12H14ClNO3. The fourth-order valence-electron chi connectivity index (χ4n) is 2.24. The Morgan fingerprint density at radius 3 is 2.88 bits per heavy atom. The Balaban J connectivity index is 1.86. The molecule has 17 heavy (non-hydrogen) atoms. The minimum atomic E-state index is -0.100. The van der Waals surface area contributed by atoms with E-state index >= 15 is 0 Å². The molecule has 2 heterocycles. The van der Waals surface area contributed by atoms with Crippen molar-refractivity contribution >= 4 is 11.6 Å².